The second kappa shape index (κ2) is 10.6. The molecule has 1 unspecified atom stereocenters. The molecule has 5 heteroatoms. The molecule has 1 heterocycles. The summed E-state index contributed by atoms with van der Waals surface area (Å²) in [5.41, 5.74) is 3.32. The normalized spacial score (nSPS) is 14.2. The molecular weight excluding hydrogens is 362 g/mol. The average Bonchev–Trinajstić information content (AvgIpc) is 3.09. The standard InChI is InChI=1S/C23H35N3OSi/c1-6-8-9-10-13-18-23(27-7-2,19-14-15-20-28(3,4)5)26-22-17-12-11-16-21(22)24-25-26/h11-12,15-17,20H,6-10,13,18H2,1-5H3/b20-15+. The van der Waals surface area contributed by atoms with Gasteiger partial charge in [0.05, 0.1) is 13.6 Å². The van der Waals surface area contributed by atoms with Gasteiger partial charge in [0.25, 0.3) is 0 Å². The van der Waals surface area contributed by atoms with E-state index >= 15 is 0 Å². The molecule has 28 heavy (non-hydrogen) atoms. The summed E-state index contributed by atoms with van der Waals surface area (Å²) in [7, 11) is -1.28. The Morgan fingerprint density at radius 1 is 1.11 bits per heavy atom. The Balaban J connectivity index is 2.39. The molecule has 0 radical (unpaired) electrons. The zero-order valence-electron chi connectivity index (χ0n) is 18.2. The highest BCUT2D eigenvalue weighted by Gasteiger charge is 2.33. The van der Waals surface area contributed by atoms with Crippen molar-refractivity contribution in [2.75, 3.05) is 6.61 Å². The number of ether oxygens (including phenoxy) is 1. The third-order valence-corrected chi connectivity index (χ3v) is 5.80. The van der Waals surface area contributed by atoms with Crippen LogP contribution in [0.1, 0.15) is 52.4 Å². The van der Waals surface area contributed by atoms with E-state index in [0.29, 0.717) is 6.61 Å². The van der Waals surface area contributed by atoms with Gasteiger partial charge in [-0.15, -0.1) is 5.10 Å². The predicted octanol–water partition coefficient (Wildman–Crippen LogP) is 5.92. The minimum atomic E-state index is -1.28. The first-order valence-corrected chi connectivity index (χ1v) is 14.1. The van der Waals surface area contributed by atoms with Crippen LogP contribution in [0.4, 0.5) is 0 Å². The molecule has 0 aliphatic heterocycles. The van der Waals surface area contributed by atoms with E-state index in [-0.39, 0.29) is 0 Å². The van der Waals surface area contributed by atoms with Gasteiger partial charge in [-0.05, 0) is 37.5 Å². The molecule has 4 nitrogen and oxygen atoms in total. The van der Waals surface area contributed by atoms with Gasteiger partial charge in [0.1, 0.15) is 5.52 Å². The number of rotatable bonds is 10. The predicted molar refractivity (Wildman–Crippen MR) is 121 cm³/mol. The van der Waals surface area contributed by atoms with Gasteiger partial charge in [0, 0.05) is 13.0 Å². The smallest absolute Gasteiger partial charge is 0.226 e. The molecule has 152 valence electrons. The molecule has 0 spiro atoms. The topological polar surface area (TPSA) is 39.9 Å². The van der Waals surface area contributed by atoms with Crippen LogP contribution < -0.4 is 0 Å². The summed E-state index contributed by atoms with van der Waals surface area (Å²) in [5.74, 6) is 6.68. The summed E-state index contributed by atoms with van der Waals surface area (Å²) >= 11 is 0. The summed E-state index contributed by atoms with van der Waals surface area (Å²) in [6.45, 7) is 11.8. The average molecular weight is 398 g/mol. The Morgan fingerprint density at radius 2 is 1.86 bits per heavy atom. The number of para-hydroxylation sites is 1. The number of hydrogen-bond acceptors (Lipinski definition) is 3. The van der Waals surface area contributed by atoms with E-state index in [0.717, 1.165) is 23.9 Å². The van der Waals surface area contributed by atoms with Gasteiger partial charge in [-0.2, -0.15) is 0 Å². The first-order chi connectivity index (χ1) is 13.4. The van der Waals surface area contributed by atoms with Crippen LogP contribution in [0.5, 0.6) is 0 Å². The first-order valence-electron chi connectivity index (χ1n) is 10.6. The van der Waals surface area contributed by atoms with Crippen LogP contribution in [0, 0.1) is 11.8 Å². The second-order valence-corrected chi connectivity index (χ2v) is 13.4. The minimum absolute atomic E-state index is 0.579. The Labute approximate surface area is 171 Å². The Morgan fingerprint density at radius 3 is 2.57 bits per heavy atom. The molecule has 1 aromatic heterocycles. The molecule has 0 fully saturated rings. The minimum Gasteiger partial charge on any atom is -0.344 e. The van der Waals surface area contributed by atoms with Crippen molar-refractivity contribution in [2.24, 2.45) is 0 Å². The third kappa shape index (κ3) is 6.32. The maximum atomic E-state index is 6.29. The zero-order chi connectivity index (χ0) is 20.5. The summed E-state index contributed by atoms with van der Waals surface area (Å²) in [6, 6.07) is 8.02. The Hall–Kier alpha value is -1.90. The lowest BCUT2D eigenvalue weighted by molar-refractivity contribution is -0.0679. The van der Waals surface area contributed by atoms with Gasteiger partial charge >= 0.3 is 0 Å². The number of aromatic nitrogens is 3. The molecule has 0 aliphatic carbocycles. The Bertz CT molecular complexity index is 825. The van der Waals surface area contributed by atoms with E-state index < -0.39 is 13.8 Å². The maximum absolute atomic E-state index is 6.29. The summed E-state index contributed by atoms with van der Waals surface area (Å²) < 4.78 is 8.18. The molecule has 1 aromatic carbocycles. The van der Waals surface area contributed by atoms with Crippen LogP contribution in [-0.2, 0) is 10.5 Å². The van der Waals surface area contributed by atoms with Crippen LogP contribution >= 0.6 is 0 Å². The van der Waals surface area contributed by atoms with Gasteiger partial charge in [-0.1, -0.05) is 81.2 Å². The molecule has 0 amide bonds. The lowest BCUT2D eigenvalue weighted by Gasteiger charge is -2.29. The number of fused-ring (bicyclic) bond motifs is 1. The van der Waals surface area contributed by atoms with Gasteiger partial charge in [-0.25, -0.2) is 4.68 Å². The molecular formula is C23H35N3OSi. The fourth-order valence-electron chi connectivity index (χ4n) is 3.18. The van der Waals surface area contributed by atoms with Crippen LogP contribution in [0.25, 0.3) is 11.0 Å². The van der Waals surface area contributed by atoms with E-state index in [1.807, 2.05) is 41.9 Å². The number of benzene rings is 1. The molecule has 0 saturated carbocycles. The van der Waals surface area contributed by atoms with Crippen molar-refractivity contribution in [3.63, 3.8) is 0 Å². The van der Waals surface area contributed by atoms with Crippen molar-refractivity contribution in [3.8, 4) is 11.8 Å². The molecule has 2 rings (SSSR count). The number of allylic oxidation sites excluding steroid dienone is 1. The zero-order valence-corrected chi connectivity index (χ0v) is 19.2. The van der Waals surface area contributed by atoms with Crippen LogP contribution in [0.15, 0.2) is 36.0 Å². The number of hydrogen-bond donors (Lipinski definition) is 0. The van der Waals surface area contributed by atoms with Crippen LogP contribution in [-0.4, -0.2) is 29.7 Å². The lowest BCUT2D eigenvalue weighted by atomic mass is 10.0. The third-order valence-electron chi connectivity index (χ3n) is 4.63. The second-order valence-electron chi connectivity index (χ2n) is 8.34. The van der Waals surface area contributed by atoms with Crippen molar-refractivity contribution >= 4 is 19.1 Å². The van der Waals surface area contributed by atoms with E-state index in [4.69, 9.17) is 4.74 Å². The summed E-state index contributed by atoms with van der Waals surface area (Å²) in [4.78, 5) is 0. The van der Waals surface area contributed by atoms with Gasteiger partial charge < -0.3 is 4.74 Å². The molecule has 0 aliphatic rings. The largest absolute Gasteiger partial charge is 0.344 e. The van der Waals surface area contributed by atoms with Crippen molar-refractivity contribution in [3.05, 3.63) is 36.0 Å². The lowest BCUT2D eigenvalue weighted by Crippen LogP contribution is -2.36. The molecule has 0 saturated heterocycles. The molecule has 0 N–H and O–H groups in total. The number of unbranched alkanes of at least 4 members (excludes halogenated alkanes) is 4. The van der Waals surface area contributed by atoms with Crippen molar-refractivity contribution in [1.29, 1.82) is 0 Å². The Kier molecular flexibility index (Phi) is 8.47. The SMILES string of the molecule is CCCCCCCC(C#C/C=C/[Si](C)(C)C)(OCC)n1nnc2ccccc21. The molecule has 2 aromatic rings. The fraction of sp³-hybridized carbons (Fsp3) is 0.565. The molecule has 1 atom stereocenters. The monoisotopic (exact) mass is 397 g/mol. The van der Waals surface area contributed by atoms with Crippen molar-refractivity contribution in [1.82, 2.24) is 15.0 Å². The summed E-state index contributed by atoms with van der Waals surface area (Å²) in [6.07, 6.45) is 8.81. The van der Waals surface area contributed by atoms with Crippen molar-refractivity contribution < 1.29 is 4.74 Å². The van der Waals surface area contributed by atoms with Gasteiger partial charge in [0.2, 0.25) is 5.72 Å². The van der Waals surface area contributed by atoms with E-state index in [9.17, 15) is 0 Å². The number of nitrogens with zero attached hydrogens (tertiary/aromatic N) is 3. The van der Waals surface area contributed by atoms with Crippen LogP contribution in [0.3, 0.4) is 0 Å². The first kappa shape index (κ1) is 22.4. The van der Waals surface area contributed by atoms with E-state index in [1.54, 1.807) is 0 Å². The summed E-state index contributed by atoms with van der Waals surface area (Å²) in [5, 5.41) is 8.80. The van der Waals surface area contributed by atoms with Gasteiger partial charge in [-0.3, -0.25) is 0 Å². The highest BCUT2D eigenvalue weighted by Crippen LogP contribution is 2.28. The van der Waals surface area contributed by atoms with Crippen molar-refractivity contribution in [2.45, 2.75) is 77.7 Å². The highest BCUT2D eigenvalue weighted by atomic mass is 28.3. The maximum Gasteiger partial charge on any atom is 0.226 e. The van der Waals surface area contributed by atoms with E-state index in [2.05, 4.69) is 54.4 Å². The van der Waals surface area contributed by atoms with Gasteiger partial charge in [0.15, 0.2) is 0 Å². The van der Waals surface area contributed by atoms with E-state index in [1.165, 1.54) is 25.7 Å². The fourth-order valence-corrected chi connectivity index (χ4v) is 3.76. The highest BCUT2D eigenvalue weighted by molar-refractivity contribution is 6.81. The molecule has 0 bridgehead atoms. The quantitative estimate of drug-likeness (QED) is 0.284. The van der Waals surface area contributed by atoms with Crippen LogP contribution in [0.2, 0.25) is 19.6 Å².